The SMILES string of the molecule is c1ccc(-c2ccccc2-c2ccc(-n3c4ccccc4c4ccccc43)cc2)c(-c2ccc(-n3nc(-c4ccc(-c5ccc6ccccc6c5)cc4)nc3-c3ccc(-c4ccc5ccccc5c4)cc3)cc2)c1. The molecule has 14 aromatic rings. The minimum Gasteiger partial charge on any atom is -0.309 e. The number of aromatic nitrogens is 4. The quantitative estimate of drug-likeness (QED) is 0.145. The number of hydrogen-bond donors (Lipinski definition) is 0. The Labute approximate surface area is 429 Å². The standard InChI is InChI=1S/C70H46N4/c1-3-15-55-45-57(35-29-47(55)13-1)49-25-31-53(32-26-49)69-71-70(54-33-27-50(28-34-54)58-36-30-48-14-2-4-16-56(48)46-58)74(72-69)60-43-39-52(40-44-60)62-18-6-8-20-64(62)63-19-7-5-17-61(63)51-37-41-59(42-38-51)73-67-23-11-9-21-65(67)66-22-10-12-24-68(66)73/h1-46H. The molecule has 346 valence electrons. The van der Waals surface area contributed by atoms with Crippen LogP contribution in [0.3, 0.4) is 0 Å². The van der Waals surface area contributed by atoms with Gasteiger partial charge in [0.1, 0.15) is 0 Å². The van der Waals surface area contributed by atoms with Crippen molar-refractivity contribution in [2.75, 3.05) is 0 Å². The third-order valence-corrected chi connectivity index (χ3v) is 14.6. The molecular weight excluding hydrogens is 897 g/mol. The highest BCUT2D eigenvalue weighted by atomic mass is 15.4. The van der Waals surface area contributed by atoms with Gasteiger partial charge in [0.15, 0.2) is 11.6 Å². The first kappa shape index (κ1) is 42.9. The molecule has 12 aromatic carbocycles. The van der Waals surface area contributed by atoms with Crippen molar-refractivity contribution in [1.29, 1.82) is 0 Å². The van der Waals surface area contributed by atoms with Crippen molar-refractivity contribution in [1.82, 2.24) is 19.3 Å². The Morgan fingerprint density at radius 3 is 1.15 bits per heavy atom. The summed E-state index contributed by atoms with van der Waals surface area (Å²) >= 11 is 0. The van der Waals surface area contributed by atoms with Crippen LogP contribution in [0.15, 0.2) is 279 Å². The lowest BCUT2D eigenvalue weighted by Crippen LogP contribution is -2.00. The number of nitrogens with zero attached hydrogens (tertiary/aromatic N) is 4. The van der Waals surface area contributed by atoms with E-state index in [-0.39, 0.29) is 0 Å². The zero-order valence-corrected chi connectivity index (χ0v) is 40.3. The van der Waals surface area contributed by atoms with Crippen LogP contribution in [-0.2, 0) is 0 Å². The van der Waals surface area contributed by atoms with Crippen LogP contribution in [0.2, 0.25) is 0 Å². The fourth-order valence-corrected chi connectivity index (χ4v) is 10.9. The summed E-state index contributed by atoms with van der Waals surface area (Å²) < 4.78 is 4.36. The Hall–Kier alpha value is -9.90. The lowest BCUT2D eigenvalue weighted by atomic mass is 9.89. The van der Waals surface area contributed by atoms with Crippen LogP contribution in [0.4, 0.5) is 0 Å². The summed E-state index contributed by atoms with van der Waals surface area (Å²) in [7, 11) is 0. The van der Waals surface area contributed by atoms with Crippen molar-refractivity contribution in [2.24, 2.45) is 0 Å². The van der Waals surface area contributed by atoms with Crippen LogP contribution in [0.5, 0.6) is 0 Å². The zero-order chi connectivity index (χ0) is 49.0. The second kappa shape index (κ2) is 18.1. The molecule has 4 nitrogen and oxygen atoms in total. The molecule has 0 unspecified atom stereocenters. The average Bonchev–Trinajstić information content (AvgIpc) is 4.09. The molecule has 0 saturated carbocycles. The van der Waals surface area contributed by atoms with Crippen LogP contribution in [-0.4, -0.2) is 19.3 Å². The van der Waals surface area contributed by atoms with Crippen molar-refractivity contribution in [3.8, 4) is 89.8 Å². The van der Waals surface area contributed by atoms with Gasteiger partial charge in [-0.3, -0.25) is 0 Å². The normalized spacial score (nSPS) is 11.5. The Morgan fingerprint density at radius 1 is 0.257 bits per heavy atom. The number of fused-ring (bicyclic) bond motifs is 5. The van der Waals surface area contributed by atoms with Crippen LogP contribution < -0.4 is 0 Å². The third-order valence-electron chi connectivity index (χ3n) is 14.6. The van der Waals surface area contributed by atoms with Gasteiger partial charge in [-0.15, -0.1) is 5.10 Å². The topological polar surface area (TPSA) is 35.6 Å². The van der Waals surface area contributed by atoms with Gasteiger partial charge in [0.25, 0.3) is 0 Å². The van der Waals surface area contributed by atoms with E-state index in [0.29, 0.717) is 5.82 Å². The first-order valence-electron chi connectivity index (χ1n) is 25.2. The maximum absolute atomic E-state index is 5.28. The Morgan fingerprint density at radius 2 is 0.635 bits per heavy atom. The minimum atomic E-state index is 0.665. The molecule has 0 atom stereocenters. The van der Waals surface area contributed by atoms with E-state index in [9.17, 15) is 0 Å². The van der Waals surface area contributed by atoms with E-state index < -0.39 is 0 Å². The van der Waals surface area contributed by atoms with Crippen molar-refractivity contribution in [3.63, 3.8) is 0 Å². The monoisotopic (exact) mass is 942 g/mol. The Balaban J connectivity index is 0.808. The molecule has 0 N–H and O–H groups in total. The molecule has 14 rings (SSSR count). The van der Waals surface area contributed by atoms with Crippen LogP contribution in [0.25, 0.3) is 133 Å². The van der Waals surface area contributed by atoms with E-state index in [0.717, 1.165) is 50.6 Å². The minimum absolute atomic E-state index is 0.665. The maximum atomic E-state index is 5.28. The Bertz CT molecular complexity index is 4340. The van der Waals surface area contributed by atoms with Crippen molar-refractivity contribution in [3.05, 3.63) is 279 Å². The maximum Gasteiger partial charge on any atom is 0.182 e. The van der Waals surface area contributed by atoms with Crippen molar-refractivity contribution in [2.45, 2.75) is 0 Å². The predicted octanol–water partition coefficient (Wildman–Crippen LogP) is 18.3. The molecule has 0 radical (unpaired) electrons. The van der Waals surface area contributed by atoms with Crippen LogP contribution in [0, 0.1) is 0 Å². The van der Waals surface area contributed by atoms with Gasteiger partial charge in [0.2, 0.25) is 0 Å². The highest BCUT2D eigenvalue weighted by molar-refractivity contribution is 6.09. The summed E-state index contributed by atoms with van der Waals surface area (Å²) in [5.41, 5.74) is 18.0. The van der Waals surface area contributed by atoms with Gasteiger partial charge < -0.3 is 4.57 Å². The zero-order valence-electron chi connectivity index (χ0n) is 40.3. The summed E-state index contributed by atoms with van der Waals surface area (Å²) in [5.74, 6) is 1.44. The molecule has 0 spiro atoms. The highest BCUT2D eigenvalue weighted by Crippen LogP contribution is 2.40. The largest absolute Gasteiger partial charge is 0.309 e. The average molecular weight is 943 g/mol. The second-order valence-electron chi connectivity index (χ2n) is 19.0. The summed E-state index contributed by atoms with van der Waals surface area (Å²) in [6, 6.07) is 100. The molecule has 0 fully saturated rings. The van der Waals surface area contributed by atoms with Gasteiger partial charge in [0, 0.05) is 27.6 Å². The van der Waals surface area contributed by atoms with Gasteiger partial charge in [-0.05, 0) is 126 Å². The summed E-state index contributed by atoms with van der Waals surface area (Å²) in [6.07, 6.45) is 0. The first-order chi connectivity index (χ1) is 36.7. The first-order valence-corrected chi connectivity index (χ1v) is 25.2. The number of para-hydroxylation sites is 2. The molecule has 74 heavy (non-hydrogen) atoms. The molecule has 0 bridgehead atoms. The van der Waals surface area contributed by atoms with E-state index in [2.05, 4.69) is 284 Å². The summed E-state index contributed by atoms with van der Waals surface area (Å²) in [4.78, 5) is 5.28. The van der Waals surface area contributed by atoms with E-state index in [1.165, 1.54) is 76.7 Å². The van der Waals surface area contributed by atoms with Gasteiger partial charge in [-0.1, -0.05) is 231 Å². The van der Waals surface area contributed by atoms with Crippen LogP contribution >= 0.6 is 0 Å². The molecule has 0 aliphatic rings. The summed E-state index contributed by atoms with van der Waals surface area (Å²) in [6.45, 7) is 0. The van der Waals surface area contributed by atoms with Gasteiger partial charge in [0.05, 0.1) is 16.7 Å². The molecular formula is C70H46N4. The van der Waals surface area contributed by atoms with Crippen molar-refractivity contribution < 1.29 is 0 Å². The van der Waals surface area contributed by atoms with Gasteiger partial charge in [-0.2, -0.15) is 0 Å². The molecule has 0 amide bonds. The molecule has 0 aliphatic carbocycles. The van der Waals surface area contributed by atoms with E-state index in [1.54, 1.807) is 0 Å². The van der Waals surface area contributed by atoms with E-state index in [4.69, 9.17) is 10.1 Å². The lowest BCUT2D eigenvalue weighted by Gasteiger charge is -2.16. The Kier molecular flexibility index (Phi) is 10.5. The highest BCUT2D eigenvalue weighted by Gasteiger charge is 2.19. The second-order valence-corrected chi connectivity index (χ2v) is 19.0. The molecule has 2 heterocycles. The van der Waals surface area contributed by atoms with Crippen LogP contribution in [0.1, 0.15) is 0 Å². The van der Waals surface area contributed by atoms with E-state index in [1.807, 2.05) is 4.68 Å². The van der Waals surface area contributed by atoms with E-state index >= 15 is 0 Å². The summed E-state index contributed by atoms with van der Waals surface area (Å²) in [5, 5.41) is 12.7. The molecule has 0 saturated heterocycles. The van der Waals surface area contributed by atoms with Gasteiger partial charge >= 0.3 is 0 Å². The molecule has 2 aromatic heterocycles. The lowest BCUT2D eigenvalue weighted by molar-refractivity contribution is 0.891. The third kappa shape index (κ3) is 7.65. The number of hydrogen-bond acceptors (Lipinski definition) is 2. The smallest absolute Gasteiger partial charge is 0.182 e. The predicted molar refractivity (Wildman–Crippen MR) is 309 cm³/mol. The number of rotatable bonds is 9. The van der Waals surface area contributed by atoms with Gasteiger partial charge in [-0.25, -0.2) is 9.67 Å². The fourth-order valence-electron chi connectivity index (χ4n) is 10.9. The molecule has 0 aliphatic heterocycles. The fraction of sp³-hybridized carbons (Fsp3) is 0. The molecule has 4 heteroatoms. The van der Waals surface area contributed by atoms with Crippen molar-refractivity contribution >= 4 is 43.4 Å². The number of benzene rings is 12.